The highest BCUT2D eigenvalue weighted by Gasteiger charge is 2.78. The van der Waals surface area contributed by atoms with Gasteiger partial charge in [-0.2, -0.15) is 61.5 Å². The first kappa shape index (κ1) is 26.0. The van der Waals surface area contributed by atoms with Gasteiger partial charge in [-0.1, -0.05) is 0 Å². The largest absolute Gasteiger partial charge is 0.460 e. The zero-order valence-corrected chi connectivity index (χ0v) is 13.8. The lowest BCUT2D eigenvalue weighted by molar-refractivity contribution is -0.347. The molecule has 18 heteroatoms. The van der Waals surface area contributed by atoms with E-state index in [2.05, 4.69) is 0 Å². The molecular formula is C12H8F14N2O2. The van der Waals surface area contributed by atoms with Gasteiger partial charge < -0.3 is 9.80 Å². The van der Waals surface area contributed by atoms with Crippen LogP contribution < -0.4 is 0 Å². The maximum Gasteiger partial charge on any atom is 0.460 e. The molecule has 0 aromatic heterocycles. The number of hydrogen-bond acceptors (Lipinski definition) is 2. The van der Waals surface area contributed by atoms with Crippen molar-refractivity contribution in [2.45, 2.75) is 36.0 Å². The number of alkyl halides is 14. The number of amides is 2. The van der Waals surface area contributed by atoms with Crippen LogP contribution in [0.3, 0.4) is 0 Å². The molecular weight excluding hydrogens is 470 g/mol. The molecule has 0 N–H and O–H groups in total. The molecule has 4 nitrogen and oxygen atoms in total. The molecule has 0 radical (unpaired) electrons. The third-order valence-corrected chi connectivity index (χ3v) is 3.89. The Labute approximate surface area is 156 Å². The molecule has 1 heterocycles. The van der Waals surface area contributed by atoms with Gasteiger partial charge in [-0.15, -0.1) is 0 Å². The average Bonchev–Trinajstić information content (AvgIpc) is 2.58. The van der Waals surface area contributed by atoms with Crippen molar-refractivity contribution >= 4 is 11.8 Å². The standard InChI is InChI=1S/C12H8F14N2O2/c13-7(14,9(17,18)11(21,22)23)5(29)27-1-2-28(4-3-27)6(30)8(15,16)10(19,20)12(24,25)26/h1-4H2. The van der Waals surface area contributed by atoms with Crippen LogP contribution in [0.4, 0.5) is 61.5 Å². The maximum absolute atomic E-state index is 13.3. The Morgan fingerprint density at radius 1 is 0.467 bits per heavy atom. The molecule has 176 valence electrons. The highest BCUT2D eigenvalue weighted by atomic mass is 19.4. The van der Waals surface area contributed by atoms with E-state index >= 15 is 0 Å². The van der Waals surface area contributed by atoms with Crippen LogP contribution in [0.2, 0.25) is 0 Å². The van der Waals surface area contributed by atoms with Crippen molar-refractivity contribution in [1.82, 2.24) is 9.80 Å². The second kappa shape index (κ2) is 7.28. The van der Waals surface area contributed by atoms with Crippen LogP contribution in [0, 0.1) is 0 Å². The van der Waals surface area contributed by atoms with Gasteiger partial charge in [0.05, 0.1) is 0 Å². The fraction of sp³-hybridized carbons (Fsp3) is 0.833. The molecule has 0 aromatic carbocycles. The Morgan fingerprint density at radius 2 is 0.667 bits per heavy atom. The highest BCUT2D eigenvalue weighted by molar-refractivity contribution is 5.87. The lowest BCUT2D eigenvalue weighted by Crippen LogP contribution is -2.65. The predicted octanol–water partition coefficient (Wildman–Crippen LogP) is 3.32. The van der Waals surface area contributed by atoms with E-state index in [0.717, 1.165) is 0 Å². The van der Waals surface area contributed by atoms with Crippen LogP contribution >= 0.6 is 0 Å². The predicted molar refractivity (Wildman–Crippen MR) is 65.1 cm³/mol. The lowest BCUT2D eigenvalue weighted by Gasteiger charge is -2.39. The highest BCUT2D eigenvalue weighted by Crippen LogP contribution is 2.48. The first-order valence-electron chi connectivity index (χ1n) is 7.27. The number of piperazine rings is 1. The van der Waals surface area contributed by atoms with E-state index in [1.165, 1.54) is 0 Å². The van der Waals surface area contributed by atoms with Gasteiger partial charge in [0.1, 0.15) is 0 Å². The van der Waals surface area contributed by atoms with Gasteiger partial charge in [0.2, 0.25) is 0 Å². The van der Waals surface area contributed by atoms with Gasteiger partial charge in [0.25, 0.3) is 11.8 Å². The van der Waals surface area contributed by atoms with Crippen molar-refractivity contribution < 1.29 is 71.1 Å². The Kier molecular flexibility index (Phi) is 6.31. The smallest absolute Gasteiger partial charge is 0.334 e. The van der Waals surface area contributed by atoms with Crippen LogP contribution in [-0.4, -0.2) is 83.8 Å². The minimum Gasteiger partial charge on any atom is -0.334 e. The fourth-order valence-corrected chi connectivity index (χ4v) is 2.13. The molecule has 1 aliphatic rings. The monoisotopic (exact) mass is 478 g/mol. The Balaban J connectivity index is 2.96. The molecule has 0 unspecified atom stereocenters. The SMILES string of the molecule is O=C(N1CCN(C(=O)C(F)(F)C(F)(F)C(F)(F)F)CC1)C(F)(F)C(F)(F)C(F)(F)F. The summed E-state index contributed by atoms with van der Waals surface area (Å²) in [4.78, 5) is 21.9. The van der Waals surface area contributed by atoms with Crippen molar-refractivity contribution in [2.75, 3.05) is 26.2 Å². The van der Waals surface area contributed by atoms with Gasteiger partial charge in [-0.05, 0) is 0 Å². The molecule has 1 saturated heterocycles. The first-order valence-corrected chi connectivity index (χ1v) is 7.27. The van der Waals surface area contributed by atoms with Gasteiger partial charge >= 0.3 is 36.0 Å². The zero-order chi connectivity index (χ0) is 24.1. The summed E-state index contributed by atoms with van der Waals surface area (Å²) in [7, 11) is 0. The molecule has 0 spiro atoms. The fourth-order valence-electron chi connectivity index (χ4n) is 2.13. The first-order chi connectivity index (χ1) is 13.0. The summed E-state index contributed by atoms with van der Waals surface area (Å²) < 4.78 is 177. The number of carbonyl (C=O) groups excluding carboxylic acids is 2. The van der Waals surface area contributed by atoms with E-state index in [-0.39, 0.29) is 0 Å². The average molecular weight is 478 g/mol. The summed E-state index contributed by atoms with van der Waals surface area (Å²) in [6.45, 7) is -5.72. The van der Waals surface area contributed by atoms with Crippen LogP contribution in [0.25, 0.3) is 0 Å². The van der Waals surface area contributed by atoms with E-state index in [1.807, 2.05) is 0 Å². The second-order valence-corrected chi connectivity index (χ2v) is 5.88. The Hall–Kier alpha value is -2.04. The summed E-state index contributed by atoms with van der Waals surface area (Å²) in [5.41, 5.74) is 0. The van der Waals surface area contributed by atoms with E-state index in [0.29, 0.717) is 0 Å². The molecule has 0 aromatic rings. The minimum atomic E-state index is -6.87. The van der Waals surface area contributed by atoms with E-state index in [1.54, 1.807) is 0 Å². The zero-order valence-electron chi connectivity index (χ0n) is 13.8. The minimum absolute atomic E-state index is 0.413. The van der Waals surface area contributed by atoms with Crippen molar-refractivity contribution in [3.05, 3.63) is 0 Å². The van der Waals surface area contributed by atoms with Crippen molar-refractivity contribution in [3.63, 3.8) is 0 Å². The molecule has 2 amide bonds. The van der Waals surface area contributed by atoms with Crippen LogP contribution in [0.5, 0.6) is 0 Å². The number of halogens is 14. The third kappa shape index (κ3) is 3.95. The van der Waals surface area contributed by atoms with Crippen LogP contribution in [0.1, 0.15) is 0 Å². The summed E-state index contributed by atoms with van der Waals surface area (Å²) in [5.74, 6) is -32.6. The summed E-state index contributed by atoms with van der Waals surface area (Å²) in [5, 5.41) is 0. The van der Waals surface area contributed by atoms with Crippen molar-refractivity contribution in [2.24, 2.45) is 0 Å². The van der Waals surface area contributed by atoms with E-state index in [4.69, 9.17) is 0 Å². The summed E-state index contributed by atoms with van der Waals surface area (Å²) in [6, 6.07) is 0. The quantitative estimate of drug-likeness (QED) is 0.583. The molecule has 0 saturated carbocycles. The molecule has 0 aliphatic carbocycles. The van der Waals surface area contributed by atoms with E-state index < -0.39 is 83.8 Å². The van der Waals surface area contributed by atoms with Crippen LogP contribution in [0.15, 0.2) is 0 Å². The van der Waals surface area contributed by atoms with Gasteiger partial charge in [-0.25, -0.2) is 0 Å². The normalized spacial score (nSPS) is 17.9. The third-order valence-electron chi connectivity index (χ3n) is 3.89. The Morgan fingerprint density at radius 3 is 0.833 bits per heavy atom. The number of nitrogens with zero attached hydrogens (tertiary/aromatic N) is 2. The van der Waals surface area contributed by atoms with Gasteiger partial charge in [-0.3, -0.25) is 9.59 Å². The van der Waals surface area contributed by atoms with Crippen LogP contribution in [-0.2, 0) is 9.59 Å². The summed E-state index contributed by atoms with van der Waals surface area (Å²) in [6.07, 6.45) is -13.7. The lowest BCUT2D eigenvalue weighted by atomic mass is 10.1. The molecule has 0 atom stereocenters. The van der Waals surface area contributed by atoms with Gasteiger partial charge in [0.15, 0.2) is 0 Å². The summed E-state index contributed by atoms with van der Waals surface area (Å²) >= 11 is 0. The van der Waals surface area contributed by atoms with Gasteiger partial charge in [0, 0.05) is 26.2 Å². The molecule has 1 aliphatic heterocycles. The number of carbonyl (C=O) groups is 2. The molecule has 30 heavy (non-hydrogen) atoms. The molecule has 1 rings (SSSR count). The molecule has 1 fully saturated rings. The number of hydrogen-bond donors (Lipinski definition) is 0. The molecule has 0 bridgehead atoms. The number of rotatable bonds is 4. The van der Waals surface area contributed by atoms with Crippen molar-refractivity contribution in [3.8, 4) is 0 Å². The van der Waals surface area contributed by atoms with E-state index in [9.17, 15) is 71.1 Å². The maximum atomic E-state index is 13.3. The Bertz CT molecular complexity index is 617. The van der Waals surface area contributed by atoms with Crippen molar-refractivity contribution in [1.29, 1.82) is 0 Å². The second-order valence-electron chi connectivity index (χ2n) is 5.88. The topological polar surface area (TPSA) is 40.6 Å².